The first-order chi connectivity index (χ1) is 12.6. The molecule has 1 atom stereocenters. The zero-order chi connectivity index (χ0) is 18.4. The number of hydrogen-bond donors (Lipinski definition) is 0. The molecule has 0 aliphatic carbocycles. The monoisotopic (exact) mass is 395 g/mol. The molecule has 1 saturated heterocycles. The van der Waals surface area contributed by atoms with Crippen LogP contribution in [0.1, 0.15) is 12.8 Å². The molecule has 0 radical (unpaired) electrons. The Morgan fingerprint density at radius 2 is 1.96 bits per heavy atom. The van der Waals surface area contributed by atoms with Crippen molar-refractivity contribution < 1.29 is 9.53 Å². The fraction of sp³-hybridized carbons (Fsp3) is 0.474. The number of aliphatic imine (C=N–C) groups is 1. The Kier molecular flexibility index (Phi) is 7.08. The average Bonchev–Trinajstić information content (AvgIpc) is 2.66. The van der Waals surface area contributed by atoms with Crippen LogP contribution in [-0.4, -0.2) is 62.5 Å². The van der Waals surface area contributed by atoms with Crippen LogP contribution in [0.4, 0.5) is 5.69 Å². The number of benzene rings is 1. The summed E-state index contributed by atoms with van der Waals surface area (Å²) in [5, 5.41) is 1.23. The van der Waals surface area contributed by atoms with Gasteiger partial charge in [-0.15, -0.1) is 0 Å². The van der Waals surface area contributed by atoms with Crippen LogP contribution in [0, 0.1) is 0 Å². The van der Waals surface area contributed by atoms with Gasteiger partial charge in [-0.1, -0.05) is 29.3 Å². The minimum atomic E-state index is -0.647. The maximum atomic E-state index is 11.5. The second kappa shape index (κ2) is 9.51. The molecule has 1 aromatic rings. The number of carbonyl (C=O) groups is 1. The third-order valence-corrected chi connectivity index (χ3v) is 5.41. The van der Waals surface area contributed by atoms with Crippen molar-refractivity contribution in [3.8, 4) is 0 Å². The summed E-state index contributed by atoms with van der Waals surface area (Å²) < 4.78 is 5.53. The Labute approximate surface area is 164 Å². The van der Waals surface area contributed by atoms with Crippen LogP contribution < -0.4 is 4.90 Å². The van der Waals surface area contributed by atoms with Crippen molar-refractivity contribution in [3.05, 3.63) is 40.4 Å². The number of carbonyl (C=O) groups excluding carboxylic acids is 1. The van der Waals surface area contributed by atoms with Crippen LogP contribution in [0.3, 0.4) is 0 Å². The van der Waals surface area contributed by atoms with Crippen molar-refractivity contribution in [1.29, 1.82) is 0 Å². The predicted octanol–water partition coefficient (Wildman–Crippen LogP) is 3.45. The third-order valence-electron chi connectivity index (χ3n) is 4.60. The van der Waals surface area contributed by atoms with Crippen LogP contribution in [-0.2, 0) is 9.53 Å². The number of rotatable bonds is 7. The molecule has 3 rings (SSSR count). The topological polar surface area (TPSA) is 45.1 Å². The van der Waals surface area contributed by atoms with Gasteiger partial charge < -0.3 is 9.64 Å². The van der Waals surface area contributed by atoms with E-state index in [0.717, 1.165) is 51.3 Å². The van der Waals surface area contributed by atoms with Gasteiger partial charge in [-0.3, -0.25) is 14.7 Å². The highest BCUT2D eigenvalue weighted by Crippen LogP contribution is 2.32. The molecule has 1 aromatic carbocycles. The quantitative estimate of drug-likeness (QED) is 0.663. The van der Waals surface area contributed by atoms with Gasteiger partial charge in [-0.25, -0.2) is 0 Å². The van der Waals surface area contributed by atoms with Crippen LogP contribution in [0.25, 0.3) is 0 Å². The van der Waals surface area contributed by atoms with Crippen molar-refractivity contribution in [2.45, 2.75) is 19.1 Å². The van der Waals surface area contributed by atoms with E-state index < -0.39 is 6.23 Å². The summed E-state index contributed by atoms with van der Waals surface area (Å²) in [5.41, 5.74) is 1.01. The van der Waals surface area contributed by atoms with Crippen molar-refractivity contribution >= 4 is 40.9 Å². The largest absolute Gasteiger partial charge is 0.368 e. The summed E-state index contributed by atoms with van der Waals surface area (Å²) in [5.74, 6) is -0.0803. The number of allylic oxidation sites excluding steroid dienone is 1. The highest BCUT2D eigenvalue weighted by molar-refractivity contribution is 6.43. The molecular weight excluding hydrogens is 373 g/mol. The van der Waals surface area contributed by atoms with Crippen LogP contribution >= 0.6 is 23.2 Å². The standard InChI is InChI=1S/C19H23Cl2N3O2/c20-15-5-3-6-16(18(15)21)24-12-10-23(11-13-24)9-1-2-14-26-19-17(25)7-4-8-22-19/h3-8,19H,1-2,9-14H2. The molecular formula is C19H23Cl2N3O2. The molecule has 2 heterocycles. The average molecular weight is 396 g/mol. The number of nitrogens with zero attached hydrogens (tertiary/aromatic N) is 3. The summed E-state index contributed by atoms with van der Waals surface area (Å²) in [4.78, 5) is 20.3. The summed E-state index contributed by atoms with van der Waals surface area (Å²) in [6.45, 7) is 5.46. The number of piperazine rings is 1. The predicted molar refractivity (Wildman–Crippen MR) is 107 cm³/mol. The molecule has 0 saturated carbocycles. The number of ketones is 1. The van der Waals surface area contributed by atoms with Gasteiger partial charge in [0.2, 0.25) is 12.0 Å². The molecule has 140 valence electrons. The molecule has 2 aliphatic rings. The van der Waals surface area contributed by atoms with Gasteiger partial charge in [-0.2, -0.15) is 0 Å². The molecule has 1 fully saturated rings. The highest BCUT2D eigenvalue weighted by Gasteiger charge is 2.20. The van der Waals surface area contributed by atoms with E-state index in [0.29, 0.717) is 16.7 Å². The zero-order valence-corrected chi connectivity index (χ0v) is 16.1. The van der Waals surface area contributed by atoms with Crippen LogP contribution in [0.15, 0.2) is 35.3 Å². The molecule has 26 heavy (non-hydrogen) atoms. The first-order valence-electron chi connectivity index (χ1n) is 8.92. The van der Waals surface area contributed by atoms with Gasteiger partial charge in [0.25, 0.3) is 0 Å². The Morgan fingerprint density at radius 3 is 2.73 bits per heavy atom. The van der Waals surface area contributed by atoms with E-state index in [1.807, 2.05) is 18.2 Å². The molecule has 0 N–H and O–H groups in total. The van der Waals surface area contributed by atoms with Gasteiger partial charge in [0.05, 0.1) is 15.7 Å². The molecule has 1 unspecified atom stereocenters. The number of anilines is 1. The SMILES string of the molecule is O=C1C=CC=NC1OCCCCN1CCN(c2cccc(Cl)c2Cl)CC1. The maximum Gasteiger partial charge on any atom is 0.211 e. The normalized spacial score (nSPS) is 20.8. The van der Waals surface area contributed by atoms with E-state index in [9.17, 15) is 4.79 Å². The van der Waals surface area contributed by atoms with E-state index in [-0.39, 0.29) is 5.78 Å². The number of ether oxygens (including phenoxy) is 1. The number of dihydropyridines is 1. The van der Waals surface area contributed by atoms with E-state index >= 15 is 0 Å². The lowest BCUT2D eigenvalue weighted by Gasteiger charge is -2.36. The van der Waals surface area contributed by atoms with E-state index in [2.05, 4.69) is 14.8 Å². The molecule has 2 aliphatic heterocycles. The lowest BCUT2D eigenvalue weighted by Crippen LogP contribution is -2.46. The fourth-order valence-corrected chi connectivity index (χ4v) is 3.54. The minimum Gasteiger partial charge on any atom is -0.368 e. The Balaban J connectivity index is 1.33. The summed E-state index contributed by atoms with van der Waals surface area (Å²) >= 11 is 12.4. The summed E-state index contributed by atoms with van der Waals surface area (Å²) in [6, 6.07) is 5.77. The van der Waals surface area contributed by atoms with Gasteiger partial charge in [0, 0.05) is 39.0 Å². The third kappa shape index (κ3) is 5.07. The second-order valence-electron chi connectivity index (χ2n) is 6.39. The van der Waals surface area contributed by atoms with Crippen molar-refractivity contribution in [2.75, 3.05) is 44.2 Å². The number of hydrogen-bond acceptors (Lipinski definition) is 5. The minimum absolute atomic E-state index is 0.0803. The van der Waals surface area contributed by atoms with Gasteiger partial charge in [0.1, 0.15) is 0 Å². The van der Waals surface area contributed by atoms with Gasteiger partial charge in [0.15, 0.2) is 0 Å². The van der Waals surface area contributed by atoms with Gasteiger partial charge >= 0.3 is 0 Å². The van der Waals surface area contributed by atoms with Crippen LogP contribution in [0.2, 0.25) is 10.0 Å². The number of unbranched alkanes of at least 4 members (excludes halogenated alkanes) is 1. The van der Waals surface area contributed by atoms with E-state index in [1.54, 1.807) is 12.3 Å². The van der Waals surface area contributed by atoms with E-state index in [1.165, 1.54) is 6.08 Å². The first kappa shape index (κ1) is 19.4. The molecule has 0 aromatic heterocycles. The smallest absolute Gasteiger partial charge is 0.211 e. The Hall–Kier alpha value is -1.40. The lowest BCUT2D eigenvalue weighted by molar-refractivity contribution is -0.125. The molecule has 0 bridgehead atoms. The van der Waals surface area contributed by atoms with Crippen molar-refractivity contribution in [3.63, 3.8) is 0 Å². The first-order valence-corrected chi connectivity index (χ1v) is 9.67. The Bertz CT molecular complexity index is 685. The maximum absolute atomic E-state index is 11.5. The van der Waals surface area contributed by atoms with Crippen molar-refractivity contribution in [2.24, 2.45) is 4.99 Å². The molecule has 5 nitrogen and oxygen atoms in total. The molecule has 0 amide bonds. The molecule has 7 heteroatoms. The van der Waals surface area contributed by atoms with Gasteiger partial charge in [-0.05, 0) is 43.7 Å². The fourth-order valence-electron chi connectivity index (χ4n) is 3.13. The lowest BCUT2D eigenvalue weighted by atomic mass is 10.2. The number of halogens is 2. The molecule has 0 spiro atoms. The van der Waals surface area contributed by atoms with Crippen LogP contribution in [0.5, 0.6) is 0 Å². The zero-order valence-electron chi connectivity index (χ0n) is 14.6. The second-order valence-corrected chi connectivity index (χ2v) is 7.18. The summed E-state index contributed by atoms with van der Waals surface area (Å²) in [6.07, 6.45) is 6.06. The highest BCUT2D eigenvalue weighted by atomic mass is 35.5. The van der Waals surface area contributed by atoms with E-state index in [4.69, 9.17) is 27.9 Å². The summed E-state index contributed by atoms with van der Waals surface area (Å²) in [7, 11) is 0. The van der Waals surface area contributed by atoms with Crippen molar-refractivity contribution in [1.82, 2.24) is 4.90 Å². The Morgan fingerprint density at radius 1 is 1.15 bits per heavy atom.